The van der Waals surface area contributed by atoms with Crippen molar-refractivity contribution in [3.63, 3.8) is 0 Å². The number of carbonyl (C=O) groups is 1. The molecule has 15 heavy (non-hydrogen) atoms. The van der Waals surface area contributed by atoms with Crippen molar-refractivity contribution in [2.75, 3.05) is 0 Å². The molecule has 0 aliphatic heterocycles. The van der Waals surface area contributed by atoms with Crippen molar-refractivity contribution in [3.8, 4) is 0 Å². The Labute approximate surface area is 92.8 Å². The number of rotatable bonds is 7. The first-order chi connectivity index (χ1) is 6.85. The van der Waals surface area contributed by atoms with Gasteiger partial charge in [-0.2, -0.15) is 0 Å². The van der Waals surface area contributed by atoms with E-state index in [0.29, 0.717) is 12.8 Å². The van der Waals surface area contributed by atoms with Crippen LogP contribution in [-0.4, -0.2) is 22.8 Å². The molecule has 0 aliphatic rings. The first-order valence-electron chi connectivity index (χ1n) is 5.77. The molecule has 3 heteroatoms. The van der Waals surface area contributed by atoms with Crippen LogP contribution in [0.25, 0.3) is 0 Å². The third-order valence-corrected chi connectivity index (χ3v) is 2.10. The molecule has 0 fully saturated rings. The van der Waals surface area contributed by atoms with E-state index in [2.05, 4.69) is 6.92 Å². The highest BCUT2D eigenvalue weighted by atomic mass is 16.5. The van der Waals surface area contributed by atoms with Crippen LogP contribution < -0.4 is 0 Å². The van der Waals surface area contributed by atoms with E-state index in [1.807, 2.05) is 6.92 Å². The Morgan fingerprint density at radius 2 is 2.00 bits per heavy atom. The van der Waals surface area contributed by atoms with Gasteiger partial charge in [-0.1, -0.05) is 19.8 Å². The van der Waals surface area contributed by atoms with E-state index in [1.165, 1.54) is 0 Å². The molecule has 0 radical (unpaired) electrons. The maximum absolute atomic E-state index is 11.3. The fourth-order valence-electron chi connectivity index (χ4n) is 1.55. The fourth-order valence-corrected chi connectivity index (χ4v) is 1.55. The van der Waals surface area contributed by atoms with Gasteiger partial charge in [0.1, 0.15) is 6.10 Å². The monoisotopic (exact) mass is 216 g/mol. The number of unbranched alkanes of at least 4 members (excludes halogenated alkanes) is 2. The molecule has 1 N–H and O–H groups in total. The summed E-state index contributed by atoms with van der Waals surface area (Å²) in [4.78, 5) is 11.3. The Bertz CT molecular complexity index is 182. The molecule has 0 aromatic rings. The van der Waals surface area contributed by atoms with Gasteiger partial charge < -0.3 is 9.84 Å². The molecular weight excluding hydrogens is 192 g/mol. The number of carbonyl (C=O) groups excluding carboxylic acids is 1. The number of esters is 1. The van der Waals surface area contributed by atoms with Gasteiger partial charge in [-0.05, 0) is 27.2 Å². The van der Waals surface area contributed by atoms with Gasteiger partial charge in [0.05, 0.1) is 5.60 Å². The molecule has 0 spiro atoms. The Morgan fingerprint density at radius 3 is 2.47 bits per heavy atom. The quantitative estimate of drug-likeness (QED) is 0.525. The predicted molar refractivity (Wildman–Crippen MR) is 60.6 cm³/mol. The molecule has 1 unspecified atom stereocenters. The van der Waals surface area contributed by atoms with Crippen LogP contribution in [0.4, 0.5) is 0 Å². The van der Waals surface area contributed by atoms with Crippen LogP contribution in [0.1, 0.15) is 59.8 Å². The van der Waals surface area contributed by atoms with Crippen molar-refractivity contribution in [3.05, 3.63) is 0 Å². The topological polar surface area (TPSA) is 46.5 Å². The lowest BCUT2D eigenvalue weighted by Gasteiger charge is -2.22. The van der Waals surface area contributed by atoms with E-state index in [0.717, 1.165) is 19.3 Å². The molecule has 0 bridgehead atoms. The summed E-state index contributed by atoms with van der Waals surface area (Å²) in [6, 6.07) is 0. The zero-order valence-corrected chi connectivity index (χ0v) is 10.4. The molecule has 0 aliphatic carbocycles. The van der Waals surface area contributed by atoms with E-state index >= 15 is 0 Å². The minimum absolute atomic E-state index is 0.153. The molecule has 1 atom stereocenters. The number of ether oxygens (including phenoxy) is 1. The smallest absolute Gasteiger partial charge is 0.306 e. The van der Waals surface area contributed by atoms with Crippen molar-refractivity contribution >= 4 is 5.97 Å². The molecule has 0 aromatic heterocycles. The van der Waals surface area contributed by atoms with Crippen LogP contribution in [0.15, 0.2) is 0 Å². The lowest BCUT2D eigenvalue weighted by molar-refractivity contribution is -0.150. The first kappa shape index (κ1) is 14.4. The van der Waals surface area contributed by atoms with Crippen molar-refractivity contribution in [1.29, 1.82) is 0 Å². The van der Waals surface area contributed by atoms with Crippen LogP contribution >= 0.6 is 0 Å². The van der Waals surface area contributed by atoms with Crippen LogP contribution in [-0.2, 0) is 9.53 Å². The highest BCUT2D eigenvalue weighted by Gasteiger charge is 2.19. The molecule has 0 rings (SSSR count). The summed E-state index contributed by atoms with van der Waals surface area (Å²) in [5.41, 5.74) is -0.775. The SMILES string of the molecule is CCCCCC(=O)OC(C)CC(C)(C)O. The second kappa shape index (κ2) is 6.83. The van der Waals surface area contributed by atoms with E-state index < -0.39 is 5.60 Å². The zero-order chi connectivity index (χ0) is 11.9. The summed E-state index contributed by atoms with van der Waals surface area (Å²) >= 11 is 0. The Morgan fingerprint density at radius 1 is 1.40 bits per heavy atom. The molecule has 0 saturated heterocycles. The molecule has 3 nitrogen and oxygen atoms in total. The average molecular weight is 216 g/mol. The molecule has 0 heterocycles. The zero-order valence-electron chi connectivity index (χ0n) is 10.4. The normalized spacial score (nSPS) is 13.7. The lowest BCUT2D eigenvalue weighted by atomic mass is 10.0. The molecule has 0 amide bonds. The van der Waals surface area contributed by atoms with Gasteiger partial charge in [0.15, 0.2) is 0 Å². The van der Waals surface area contributed by atoms with Gasteiger partial charge in [0.2, 0.25) is 0 Å². The summed E-state index contributed by atoms with van der Waals surface area (Å²) < 4.78 is 5.17. The number of hydrogen-bond acceptors (Lipinski definition) is 3. The third-order valence-electron chi connectivity index (χ3n) is 2.10. The Balaban J connectivity index is 3.67. The summed E-state index contributed by atoms with van der Waals surface area (Å²) in [5.74, 6) is -0.153. The van der Waals surface area contributed by atoms with Gasteiger partial charge in [-0.3, -0.25) is 4.79 Å². The average Bonchev–Trinajstić information content (AvgIpc) is 2.00. The lowest BCUT2D eigenvalue weighted by Crippen LogP contribution is -2.27. The van der Waals surface area contributed by atoms with E-state index in [9.17, 15) is 9.90 Å². The van der Waals surface area contributed by atoms with Crippen molar-refractivity contribution < 1.29 is 14.6 Å². The first-order valence-corrected chi connectivity index (χ1v) is 5.77. The summed E-state index contributed by atoms with van der Waals surface area (Å²) in [7, 11) is 0. The Kier molecular flexibility index (Phi) is 6.57. The minimum atomic E-state index is -0.775. The molecular formula is C12H24O3. The molecule has 0 aromatic carbocycles. The maximum atomic E-state index is 11.3. The highest BCUT2D eigenvalue weighted by molar-refractivity contribution is 5.69. The van der Waals surface area contributed by atoms with Crippen molar-refractivity contribution in [2.45, 2.75) is 71.5 Å². The van der Waals surface area contributed by atoms with Gasteiger partial charge in [-0.15, -0.1) is 0 Å². The Hall–Kier alpha value is -0.570. The number of hydrogen-bond donors (Lipinski definition) is 1. The molecule has 0 saturated carbocycles. The second-order valence-electron chi connectivity index (χ2n) is 4.77. The van der Waals surface area contributed by atoms with Crippen LogP contribution in [0.2, 0.25) is 0 Å². The third kappa shape index (κ3) is 9.73. The van der Waals surface area contributed by atoms with Crippen LogP contribution in [0, 0.1) is 0 Å². The maximum Gasteiger partial charge on any atom is 0.306 e. The summed E-state index contributed by atoms with van der Waals surface area (Å²) in [6.45, 7) is 7.35. The minimum Gasteiger partial charge on any atom is -0.463 e. The van der Waals surface area contributed by atoms with Gasteiger partial charge in [0.25, 0.3) is 0 Å². The van der Waals surface area contributed by atoms with E-state index in [-0.39, 0.29) is 12.1 Å². The molecule has 90 valence electrons. The number of aliphatic hydroxyl groups is 1. The van der Waals surface area contributed by atoms with Crippen LogP contribution in [0.3, 0.4) is 0 Å². The van der Waals surface area contributed by atoms with Crippen molar-refractivity contribution in [1.82, 2.24) is 0 Å². The largest absolute Gasteiger partial charge is 0.463 e. The second-order valence-corrected chi connectivity index (χ2v) is 4.77. The van der Waals surface area contributed by atoms with E-state index in [4.69, 9.17) is 4.74 Å². The standard InChI is InChI=1S/C12H24O3/c1-5-6-7-8-11(13)15-10(2)9-12(3,4)14/h10,14H,5-9H2,1-4H3. The van der Waals surface area contributed by atoms with Gasteiger partial charge in [-0.25, -0.2) is 0 Å². The van der Waals surface area contributed by atoms with Crippen LogP contribution in [0.5, 0.6) is 0 Å². The predicted octanol–water partition coefficient (Wildman–Crippen LogP) is 2.66. The van der Waals surface area contributed by atoms with Gasteiger partial charge >= 0.3 is 5.97 Å². The van der Waals surface area contributed by atoms with Gasteiger partial charge in [0, 0.05) is 12.8 Å². The van der Waals surface area contributed by atoms with Crippen molar-refractivity contribution in [2.24, 2.45) is 0 Å². The fraction of sp³-hybridized carbons (Fsp3) is 0.917. The summed E-state index contributed by atoms with van der Waals surface area (Å²) in [6.07, 6.45) is 3.82. The highest BCUT2D eigenvalue weighted by Crippen LogP contribution is 2.13. The van der Waals surface area contributed by atoms with E-state index in [1.54, 1.807) is 13.8 Å². The summed E-state index contributed by atoms with van der Waals surface area (Å²) in [5, 5.41) is 9.52.